The van der Waals surface area contributed by atoms with E-state index in [9.17, 15) is 4.79 Å². The number of nitrogens with zero attached hydrogens (tertiary/aromatic N) is 1. The second-order valence-corrected chi connectivity index (χ2v) is 5.01. The lowest BCUT2D eigenvalue weighted by atomic mass is 10.1. The molecule has 0 aromatic heterocycles. The minimum absolute atomic E-state index is 0.0596. The Morgan fingerprint density at radius 2 is 1.67 bits per heavy atom. The number of hydrogen-bond donors (Lipinski definition) is 0. The number of amides is 1. The van der Waals surface area contributed by atoms with Crippen molar-refractivity contribution in [2.45, 2.75) is 6.92 Å². The van der Waals surface area contributed by atoms with Crippen molar-refractivity contribution in [2.75, 3.05) is 25.2 Å². The number of carbonyl (C=O) groups excluding carboxylic acids is 1. The summed E-state index contributed by atoms with van der Waals surface area (Å²) in [5.74, 6) is 1.28. The van der Waals surface area contributed by atoms with Crippen molar-refractivity contribution in [2.24, 2.45) is 0 Å². The van der Waals surface area contributed by atoms with Crippen LogP contribution >= 0.6 is 0 Å². The van der Waals surface area contributed by atoms with Crippen LogP contribution in [0.25, 0.3) is 0 Å². The minimum Gasteiger partial charge on any atom is -0.486 e. The fourth-order valence-electron chi connectivity index (χ4n) is 2.37. The van der Waals surface area contributed by atoms with Crippen molar-refractivity contribution < 1.29 is 14.3 Å². The number of ether oxygens (including phenoxy) is 2. The Labute approximate surface area is 123 Å². The highest BCUT2D eigenvalue weighted by atomic mass is 16.6. The van der Waals surface area contributed by atoms with Crippen molar-refractivity contribution >= 4 is 11.6 Å². The fraction of sp³-hybridized carbons (Fsp3) is 0.235. The van der Waals surface area contributed by atoms with Crippen LogP contribution < -0.4 is 14.4 Å². The highest BCUT2D eigenvalue weighted by Gasteiger charge is 2.20. The van der Waals surface area contributed by atoms with Crippen molar-refractivity contribution in [3.8, 4) is 11.5 Å². The smallest absolute Gasteiger partial charge is 0.258 e. The third kappa shape index (κ3) is 2.57. The van der Waals surface area contributed by atoms with E-state index in [1.807, 2.05) is 43.3 Å². The van der Waals surface area contributed by atoms with Gasteiger partial charge in [0, 0.05) is 18.3 Å². The van der Waals surface area contributed by atoms with Gasteiger partial charge >= 0.3 is 0 Å². The SMILES string of the molecule is Cc1cc2c(cc1C(=O)N(C)c1ccccc1)OCCO2. The van der Waals surface area contributed by atoms with E-state index in [1.165, 1.54) is 0 Å². The molecule has 0 fully saturated rings. The average Bonchev–Trinajstić information content (AvgIpc) is 2.53. The van der Waals surface area contributed by atoms with Crippen LogP contribution in [0.15, 0.2) is 42.5 Å². The van der Waals surface area contributed by atoms with Crippen LogP contribution in [0.4, 0.5) is 5.69 Å². The lowest BCUT2D eigenvalue weighted by Gasteiger charge is -2.22. The number of rotatable bonds is 2. The first-order valence-corrected chi connectivity index (χ1v) is 6.90. The number of para-hydroxylation sites is 1. The zero-order valence-electron chi connectivity index (χ0n) is 12.1. The van der Waals surface area contributed by atoms with E-state index in [4.69, 9.17) is 9.47 Å². The molecule has 1 aliphatic heterocycles. The Hall–Kier alpha value is -2.49. The topological polar surface area (TPSA) is 38.8 Å². The van der Waals surface area contributed by atoms with Crippen LogP contribution in [0, 0.1) is 6.92 Å². The lowest BCUT2D eigenvalue weighted by Crippen LogP contribution is -2.27. The fourth-order valence-corrected chi connectivity index (χ4v) is 2.37. The summed E-state index contributed by atoms with van der Waals surface area (Å²) in [4.78, 5) is 14.3. The molecule has 4 nitrogen and oxygen atoms in total. The molecule has 1 amide bonds. The zero-order valence-corrected chi connectivity index (χ0v) is 12.1. The quantitative estimate of drug-likeness (QED) is 0.850. The summed E-state index contributed by atoms with van der Waals surface area (Å²) in [6.07, 6.45) is 0. The third-order valence-electron chi connectivity index (χ3n) is 3.57. The van der Waals surface area contributed by atoms with Gasteiger partial charge in [0.25, 0.3) is 5.91 Å². The molecule has 0 unspecified atom stereocenters. The number of hydrogen-bond acceptors (Lipinski definition) is 3. The van der Waals surface area contributed by atoms with Gasteiger partial charge in [0.05, 0.1) is 0 Å². The first kappa shape index (κ1) is 13.5. The summed E-state index contributed by atoms with van der Waals surface area (Å²) >= 11 is 0. The second kappa shape index (κ2) is 5.48. The van der Waals surface area contributed by atoms with Gasteiger partial charge in [0.2, 0.25) is 0 Å². The number of aryl methyl sites for hydroxylation is 1. The molecule has 1 heterocycles. The molecule has 0 spiro atoms. The van der Waals surface area contributed by atoms with Gasteiger partial charge in [-0.05, 0) is 36.8 Å². The highest BCUT2D eigenvalue weighted by Crippen LogP contribution is 2.33. The van der Waals surface area contributed by atoms with Gasteiger partial charge in [0.1, 0.15) is 13.2 Å². The molecule has 0 N–H and O–H groups in total. The van der Waals surface area contributed by atoms with Crippen LogP contribution in [0.5, 0.6) is 11.5 Å². The number of anilines is 1. The molecule has 0 aliphatic carbocycles. The van der Waals surface area contributed by atoms with Crippen molar-refractivity contribution in [3.05, 3.63) is 53.6 Å². The van der Waals surface area contributed by atoms with Crippen molar-refractivity contribution in [1.82, 2.24) is 0 Å². The minimum atomic E-state index is -0.0596. The molecular formula is C17H17NO3. The molecule has 0 radical (unpaired) electrons. The van der Waals surface area contributed by atoms with Crippen LogP contribution in [-0.2, 0) is 0 Å². The lowest BCUT2D eigenvalue weighted by molar-refractivity contribution is 0.0991. The average molecular weight is 283 g/mol. The van der Waals surface area contributed by atoms with Crippen LogP contribution in [0.2, 0.25) is 0 Å². The van der Waals surface area contributed by atoms with Gasteiger partial charge in [-0.1, -0.05) is 18.2 Å². The van der Waals surface area contributed by atoms with E-state index >= 15 is 0 Å². The largest absolute Gasteiger partial charge is 0.486 e. The van der Waals surface area contributed by atoms with Gasteiger partial charge in [0.15, 0.2) is 11.5 Å². The Morgan fingerprint density at radius 3 is 2.33 bits per heavy atom. The van der Waals surface area contributed by atoms with Gasteiger partial charge < -0.3 is 14.4 Å². The van der Waals surface area contributed by atoms with Crippen molar-refractivity contribution in [1.29, 1.82) is 0 Å². The maximum Gasteiger partial charge on any atom is 0.258 e. The summed E-state index contributed by atoms with van der Waals surface area (Å²) in [5.41, 5.74) is 2.37. The summed E-state index contributed by atoms with van der Waals surface area (Å²) < 4.78 is 11.1. The van der Waals surface area contributed by atoms with E-state index < -0.39 is 0 Å². The first-order valence-electron chi connectivity index (χ1n) is 6.90. The maximum absolute atomic E-state index is 12.7. The third-order valence-corrected chi connectivity index (χ3v) is 3.57. The molecule has 0 saturated heterocycles. The molecule has 2 aromatic rings. The number of fused-ring (bicyclic) bond motifs is 1. The van der Waals surface area contributed by atoms with E-state index in [0.717, 1.165) is 11.3 Å². The Bertz CT molecular complexity index is 667. The molecule has 108 valence electrons. The highest BCUT2D eigenvalue weighted by molar-refractivity contribution is 6.07. The molecule has 1 aliphatic rings. The molecule has 2 aromatic carbocycles. The van der Waals surface area contributed by atoms with Gasteiger partial charge in [-0.3, -0.25) is 4.79 Å². The predicted octanol–water partition coefficient (Wildman–Crippen LogP) is 3.04. The molecule has 0 bridgehead atoms. The van der Waals surface area contributed by atoms with Gasteiger partial charge in [-0.2, -0.15) is 0 Å². The molecular weight excluding hydrogens is 266 g/mol. The predicted molar refractivity (Wildman–Crippen MR) is 81.3 cm³/mol. The van der Waals surface area contributed by atoms with Gasteiger partial charge in [-0.25, -0.2) is 0 Å². The van der Waals surface area contributed by atoms with E-state index in [-0.39, 0.29) is 5.91 Å². The molecule has 4 heteroatoms. The summed E-state index contributed by atoms with van der Waals surface area (Å²) in [6, 6.07) is 13.2. The van der Waals surface area contributed by atoms with E-state index in [0.29, 0.717) is 30.3 Å². The summed E-state index contributed by atoms with van der Waals surface area (Å²) in [5, 5.41) is 0. The second-order valence-electron chi connectivity index (χ2n) is 5.01. The van der Waals surface area contributed by atoms with Crippen LogP contribution in [0.3, 0.4) is 0 Å². The first-order chi connectivity index (χ1) is 10.2. The van der Waals surface area contributed by atoms with Crippen LogP contribution in [0.1, 0.15) is 15.9 Å². The normalized spacial score (nSPS) is 12.9. The summed E-state index contributed by atoms with van der Waals surface area (Å²) in [7, 11) is 1.77. The van der Waals surface area contributed by atoms with E-state index in [1.54, 1.807) is 18.0 Å². The molecule has 0 saturated carbocycles. The standard InChI is InChI=1S/C17H17NO3/c1-12-10-15-16(21-9-8-20-15)11-14(12)17(19)18(2)13-6-4-3-5-7-13/h3-7,10-11H,8-9H2,1-2H3. The zero-order chi connectivity index (χ0) is 14.8. The molecule has 21 heavy (non-hydrogen) atoms. The Morgan fingerprint density at radius 1 is 1.05 bits per heavy atom. The maximum atomic E-state index is 12.7. The number of carbonyl (C=O) groups is 1. The molecule has 0 atom stereocenters. The van der Waals surface area contributed by atoms with Crippen LogP contribution in [-0.4, -0.2) is 26.2 Å². The number of benzene rings is 2. The van der Waals surface area contributed by atoms with Crippen molar-refractivity contribution in [3.63, 3.8) is 0 Å². The van der Waals surface area contributed by atoms with Gasteiger partial charge in [-0.15, -0.1) is 0 Å². The Kier molecular flexibility index (Phi) is 3.52. The molecule has 3 rings (SSSR count). The summed E-state index contributed by atoms with van der Waals surface area (Å²) in [6.45, 7) is 2.96. The van der Waals surface area contributed by atoms with E-state index in [2.05, 4.69) is 0 Å². The monoisotopic (exact) mass is 283 g/mol. The Balaban J connectivity index is 1.94.